The number of hydrogen-bond donors (Lipinski definition) is 1. The minimum absolute atomic E-state index is 0.0480. The second-order valence-corrected chi connectivity index (χ2v) is 5.45. The van der Waals surface area contributed by atoms with Crippen molar-refractivity contribution in [2.75, 3.05) is 5.32 Å². The molecule has 2 aromatic carbocycles. The smallest absolute Gasteiger partial charge is 0.228 e. The molecule has 0 radical (unpaired) electrons. The van der Waals surface area contributed by atoms with E-state index in [0.717, 1.165) is 28.3 Å². The van der Waals surface area contributed by atoms with Gasteiger partial charge in [0.05, 0.1) is 12.1 Å². The Morgan fingerprint density at radius 2 is 1.87 bits per heavy atom. The van der Waals surface area contributed by atoms with Gasteiger partial charge in [-0.3, -0.25) is 4.79 Å². The van der Waals surface area contributed by atoms with E-state index in [4.69, 9.17) is 4.42 Å². The largest absolute Gasteiger partial charge is 0.441 e. The third-order valence-corrected chi connectivity index (χ3v) is 3.63. The van der Waals surface area contributed by atoms with E-state index in [1.165, 1.54) is 0 Å². The quantitative estimate of drug-likeness (QED) is 0.788. The van der Waals surface area contributed by atoms with Gasteiger partial charge in [-0.1, -0.05) is 36.4 Å². The van der Waals surface area contributed by atoms with Gasteiger partial charge in [-0.05, 0) is 37.6 Å². The lowest BCUT2D eigenvalue weighted by molar-refractivity contribution is -0.115. The van der Waals surface area contributed by atoms with Gasteiger partial charge in [-0.15, -0.1) is 0 Å². The highest BCUT2D eigenvalue weighted by Gasteiger charge is 2.10. The summed E-state index contributed by atoms with van der Waals surface area (Å²) < 4.78 is 5.63. The van der Waals surface area contributed by atoms with Gasteiger partial charge in [-0.2, -0.15) is 0 Å². The Balaban J connectivity index is 1.74. The Morgan fingerprint density at radius 3 is 2.57 bits per heavy atom. The topological polar surface area (TPSA) is 55.1 Å². The van der Waals surface area contributed by atoms with E-state index in [1.54, 1.807) is 0 Å². The van der Waals surface area contributed by atoms with Gasteiger partial charge in [-0.25, -0.2) is 4.98 Å². The lowest BCUT2D eigenvalue weighted by Crippen LogP contribution is -2.14. The molecule has 0 spiro atoms. The highest BCUT2D eigenvalue weighted by Crippen LogP contribution is 2.24. The second kappa shape index (κ2) is 6.48. The van der Waals surface area contributed by atoms with Crippen molar-refractivity contribution in [3.8, 4) is 11.5 Å². The summed E-state index contributed by atoms with van der Waals surface area (Å²) in [6.45, 7) is 3.80. The van der Waals surface area contributed by atoms with Crippen LogP contribution >= 0.6 is 0 Å². The molecular formula is C19H18N2O2. The van der Waals surface area contributed by atoms with Crippen molar-refractivity contribution in [1.29, 1.82) is 0 Å². The van der Waals surface area contributed by atoms with E-state index in [2.05, 4.69) is 10.3 Å². The summed E-state index contributed by atoms with van der Waals surface area (Å²) in [5.41, 5.74) is 3.44. The highest BCUT2D eigenvalue weighted by atomic mass is 16.4. The molecule has 4 heteroatoms. The van der Waals surface area contributed by atoms with Crippen molar-refractivity contribution < 1.29 is 9.21 Å². The van der Waals surface area contributed by atoms with E-state index in [9.17, 15) is 4.79 Å². The van der Waals surface area contributed by atoms with Crippen LogP contribution in [0.25, 0.3) is 11.5 Å². The van der Waals surface area contributed by atoms with Crippen molar-refractivity contribution in [3.63, 3.8) is 0 Å². The monoisotopic (exact) mass is 306 g/mol. The number of hydrogen-bond acceptors (Lipinski definition) is 3. The van der Waals surface area contributed by atoms with Crippen molar-refractivity contribution in [3.05, 3.63) is 71.6 Å². The van der Waals surface area contributed by atoms with E-state index in [1.807, 2.05) is 68.4 Å². The van der Waals surface area contributed by atoms with Crippen LogP contribution in [0.2, 0.25) is 0 Å². The van der Waals surface area contributed by atoms with Crippen LogP contribution in [0.5, 0.6) is 0 Å². The predicted octanol–water partition coefficient (Wildman–Crippen LogP) is 4.14. The van der Waals surface area contributed by atoms with Crippen molar-refractivity contribution in [2.24, 2.45) is 0 Å². The average molecular weight is 306 g/mol. The molecule has 0 aliphatic rings. The fraction of sp³-hybridized carbons (Fsp3) is 0.158. The molecule has 3 aromatic rings. The van der Waals surface area contributed by atoms with Crippen molar-refractivity contribution >= 4 is 11.6 Å². The third kappa shape index (κ3) is 3.66. The molecule has 0 bridgehead atoms. The minimum atomic E-state index is -0.0480. The normalized spacial score (nSPS) is 10.5. The number of aromatic nitrogens is 1. The zero-order valence-corrected chi connectivity index (χ0v) is 13.2. The fourth-order valence-corrected chi connectivity index (χ4v) is 2.31. The van der Waals surface area contributed by atoms with Gasteiger partial charge in [0.15, 0.2) is 0 Å². The number of nitrogens with zero attached hydrogens (tertiary/aromatic N) is 1. The van der Waals surface area contributed by atoms with Crippen LogP contribution in [0.15, 0.2) is 59.0 Å². The molecule has 0 saturated carbocycles. The van der Waals surface area contributed by atoms with Crippen LogP contribution in [0, 0.1) is 13.8 Å². The van der Waals surface area contributed by atoms with E-state index < -0.39 is 0 Å². The summed E-state index contributed by atoms with van der Waals surface area (Å²) in [6, 6.07) is 17.2. The number of oxazole rings is 1. The van der Waals surface area contributed by atoms with Crippen LogP contribution in [0.3, 0.4) is 0 Å². The van der Waals surface area contributed by atoms with Gasteiger partial charge in [0.2, 0.25) is 11.8 Å². The molecule has 1 heterocycles. The zero-order chi connectivity index (χ0) is 16.2. The SMILES string of the molecule is Cc1nc(-c2cccc(NC(=O)Cc3ccccc3)c2)oc1C. The molecule has 0 fully saturated rings. The molecule has 23 heavy (non-hydrogen) atoms. The molecule has 0 unspecified atom stereocenters. The number of benzene rings is 2. The van der Waals surface area contributed by atoms with Gasteiger partial charge < -0.3 is 9.73 Å². The molecule has 0 aliphatic carbocycles. The summed E-state index contributed by atoms with van der Waals surface area (Å²) in [7, 11) is 0. The Hall–Kier alpha value is -2.88. The fourth-order valence-electron chi connectivity index (χ4n) is 2.31. The molecule has 0 atom stereocenters. The van der Waals surface area contributed by atoms with Crippen molar-refractivity contribution in [1.82, 2.24) is 4.98 Å². The van der Waals surface area contributed by atoms with Gasteiger partial charge in [0.1, 0.15) is 5.76 Å². The summed E-state index contributed by atoms with van der Waals surface area (Å²) in [5.74, 6) is 1.32. The van der Waals surface area contributed by atoms with Crippen LogP contribution < -0.4 is 5.32 Å². The Kier molecular flexibility index (Phi) is 4.24. The van der Waals surface area contributed by atoms with E-state index in [-0.39, 0.29) is 5.91 Å². The lowest BCUT2D eigenvalue weighted by Gasteiger charge is -2.06. The molecule has 0 saturated heterocycles. The Morgan fingerprint density at radius 1 is 1.09 bits per heavy atom. The first-order valence-corrected chi connectivity index (χ1v) is 7.50. The first kappa shape index (κ1) is 15.0. The molecule has 1 amide bonds. The predicted molar refractivity (Wildman–Crippen MR) is 90.2 cm³/mol. The standard InChI is InChI=1S/C19H18N2O2/c1-13-14(2)23-19(20-13)16-9-6-10-17(12-16)21-18(22)11-15-7-4-3-5-8-15/h3-10,12H,11H2,1-2H3,(H,21,22). The summed E-state index contributed by atoms with van der Waals surface area (Å²) in [4.78, 5) is 16.5. The van der Waals surface area contributed by atoms with Crippen LogP contribution in [0.1, 0.15) is 17.0 Å². The van der Waals surface area contributed by atoms with Crippen molar-refractivity contribution in [2.45, 2.75) is 20.3 Å². The summed E-state index contributed by atoms with van der Waals surface area (Å²) in [6.07, 6.45) is 0.349. The third-order valence-electron chi connectivity index (χ3n) is 3.63. The number of rotatable bonds is 4. The molecular weight excluding hydrogens is 288 g/mol. The minimum Gasteiger partial charge on any atom is -0.441 e. The Labute approximate surface area is 135 Å². The molecule has 1 N–H and O–H groups in total. The molecule has 1 aromatic heterocycles. The van der Waals surface area contributed by atoms with Crippen LogP contribution in [0.4, 0.5) is 5.69 Å². The molecule has 4 nitrogen and oxygen atoms in total. The molecule has 0 aliphatic heterocycles. The lowest BCUT2D eigenvalue weighted by atomic mass is 10.1. The van der Waals surface area contributed by atoms with Crippen LogP contribution in [-0.4, -0.2) is 10.9 Å². The maximum absolute atomic E-state index is 12.1. The molecule has 116 valence electrons. The summed E-state index contributed by atoms with van der Waals surface area (Å²) in [5, 5.41) is 2.91. The number of nitrogens with one attached hydrogen (secondary N) is 1. The Bertz CT molecular complexity index is 803. The summed E-state index contributed by atoms with van der Waals surface area (Å²) >= 11 is 0. The first-order valence-electron chi connectivity index (χ1n) is 7.50. The van der Waals surface area contributed by atoms with E-state index in [0.29, 0.717) is 12.3 Å². The van der Waals surface area contributed by atoms with Gasteiger partial charge in [0, 0.05) is 11.3 Å². The average Bonchev–Trinajstić information content (AvgIpc) is 2.88. The number of aryl methyl sites for hydroxylation is 2. The zero-order valence-electron chi connectivity index (χ0n) is 13.2. The number of carbonyl (C=O) groups excluding carboxylic acids is 1. The maximum atomic E-state index is 12.1. The number of anilines is 1. The first-order chi connectivity index (χ1) is 11.1. The highest BCUT2D eigenvalue weighted by molar-refractivity contribution is 5.92. The number of carbonyl (C=O) groups is 1. The van der Waals surface area contributed by atoms with Gasteiger partial charge >= 0.3 is 0 Å². The second-order valence-electron chi connectivity index (χ2n) is 5.45. The van der Waals surface area contributed by atoms with Gasteiger partial charge in [0.25, 0.3) is 0 Å². The molecule has 3 rings (SSSR count). The van der Waals surface area contributed by atoms with E-state index >= 15 is 0 Å². The maximum Gasteiger partial charge on any atom is 0.228 e. The van der Waals surface area contributed by atoms with Crippen LogP contribution in [-0.2, 0) is 11.2 Å². The number of amides is 1.